The molecule has 0 unspecified atom stereocenters. The van der Waals surface area contributed by atoms with E-state index in [2.05, 4.69) is 23.5 Å². The number of fused-ring (bicyclic) bond motifs is 5. The lowest BCUT2D eigenvalue weighted by Gasteiger charge is -2.30. The van der Waals surface area contributed by atoms with Crippen LogP contribution in [0.5, 0.6) is 0 Å². The molecule has 4 heterocycles. The van der Waals surface area contributed by atoms with Crippen LogP contribution in [0.15, 0.2) is 29.7 Å². The van der Waals surface area contributed by atoms with E-state index >= 15 is 0 Å². The van der Waals surface area contributed by atoms with Crippen molar-refractivity contribution < 1.29 is 24.2 Å². The number of aromatic nitrogens is 1. The van der Waals surface area contributed by atoms with E-state index < -0.39 is 30.3 Å². The van der Waals surface area contributed by atoms with E-state index in [4.69, 9.17) is 9.72 Å². The lowest BCUT2D eigenvalue weighted by atomic mass is 9.96. The zero-order chi connectivity index (χ0) is 26.9. The molecule has 3 atom stereocenters. The summed E-state index contributed by atoms with van der Waals surface area (Å²) in [6, 6.07) is 4.51. The van der Waals surface area contributed by atoms with Crippen LogP contribution in [0.25, 0.3) is 6.08 Å². The Kier molecular flexibility index (Phi) is 7.29. The molecule has 1 aliphatic carbocycles. The number of amides is 2. The fourth-order valence-electron chi connectivity index (χ4n) is 6.39. The van der Waals surface area contributed by atoms with Gasteiger partial charge in [0.1, 0.15) is 18.2 Å². The third-order valence-electron chi connectivity index (χ3n) is 8.45. The van der Waals surface area contributed by atoms with Crippen LogP contribution in [0, 0.1) is 5.92 Å². The van der Waals surface area contributed by atoms with E-state index in [1.807, 2.05) is 17.5 Å². The Morgan fingerprint density at radius 2 is 2.00 bits per heavy atom. The fraction of sp³-hybridized carbons (Fsp3) is 0.517. The van der Waals surface area contributed by atoms with E-state index in [0.717, 1.165) is 67.3 Å². The summed E-state index contributed by atoms with van der Waals surface area (Å²) in [5, 5.41) is 16.1. The average molecular weight is 551 g/mol. The summed E-state index contributed by atoms with van der Waals surface area (Å²) in [7, 11) is 0. The second-order valence-corrected chi connectivity index (χ2v) is 11.9. The number of ether oxygens (including phenoxy) is 1. The normalized spacial score (nSPS) is 26.8. The molecule has 6 rings (SSSR count). The van der Waals surface area contributed by atoms with E-state index in [0.29, 0.717) is 18.2 Å². The molecule has 206 valence electrons. The van der Waals surface area contributed by atoms with Gasteiger partial charge in [0.25, 0.3) is 0 Å². The van der Waals surface area contributed by atoms with Crippen LogP contribution in [-0.4, -0.2) is 62.6 Å². The Bertz CT molecular complexity index is 1290. The highest BCUT2D eigenvalue weighted by molar-refractivity contribution is 7.13. The van der Waals surface area contributed by atoms with Gasteiger partial charge in [-0.05, 0) is 54.7 Å². The highest BCUT2D eigenvalue weighted by Gasteiger charge is 2.46. The molecule has 10 heteroatoms. The summed E-state index contributed by atoms with van der Waals surface area (Å²) in [4.78, 5) is 47.1. The minimum Gasteiger partial charge on any atom is -0.480 e. The third-order valence-corrected chi connectivity index (χ3v) is 9.27. The van der Waals surface area contributed by atoms with Crippen molar-refractivity contribution in [3.8, 4) is 0 Å². The van der Waals surface area contributed by atoms with Crippen molar-refractivity contribution >= 4 is 40.5 Å². The van der Waals surface area contributed by atoms with Crippen LogP contribution in [0.2, 0.25) is 0 Å². The molecule has 2 fully saturated rings. The minimum absolute atomic E-state index is 0.0737. The number of hydrogen-bond acceptors (Lipinski definition) is 7. The van der Waals surface area contributed by atoms with Gasteiger partial charge in [0.2, 0.25) is 5.91 Å². The number of carboxylic acids is 1. The Morgan fingerprint density at radius 3 is 2.82 bits per heavy atom. The number of carboxylic acid groups (broad SMARTS) is 1. The molecule has 2 amide bonds. The molecule has 3 aliphatic heterocycles. The second-order valence-electron chi connectivity index (χ2n) is 11.0. The van der Waals surface area contributed by atoms with Gasteiger partial charge < -0.3 is 20.1 Å². The highest BCUT2D eigenvalue weighted by Crippen LogP contribution is 2.34. The summed E-state index contributed by atoms with van der Waals surface area (Å²) in [5.41, 5.74) is 4.29. The highest BCUT2D eigenvalue weighted by atomic mass is 32.1. The number of aliphatic carboxylic acids is 1. The van der Waals surface area contributed by atoms with Gasteiger partial charge in [0, 0.05) is 18.3 Å². The lowest BCUT2D eigenvalue weighted by molar-refractivity contribution is -0.148. The van der Waals surface area contributed by atoms with Gasteiger partial charge in [0.15, 0.2) is 5.13 Å². The molecule has 6 bridgehead atoms. The number of allylic oxidation sites excluding steroid dienone is 1. The molecule has 0 radical (unpaired) electrons. The first-order chi connectivity index (χ1) is 19.0. The minimum atomic E-state index is -1.08. The Labute approximate surface area is 231 Å². The second kappa shape index (κ2) is 11.0. The first-order valence-electron chi connectivity index (χ1n) is 13.9. The number of carbonyl (C=O) groups excluding carboxylic acids is 2. The predicted octanol–water partition coefficient (Wildman–Crippen LogP) is 4.67. The standard InChI is InChI=1S/C29H34N4O5S/c34-26-25(19-8-4-5-9-19)31-28-30-21(17-39-28)12-3-1-2-7-18-10-6-11-20-14-32(16-23(18)20)29(37)38-22-13-24(27(35)36)33(26)15-22/h2,6-7,10-11,17,19,22,24-25H,1,3-5,8-9,12-16H2,(H,30,31)(H,35,36)/b7-2+/t22-,24+,25+/m1/s1. The molecular formula is C29H34N4O5S. The zero-order valence-corrected chi connectivity index (χ0v) is 22.7. The maximum absolute atomic E-state index is 13.9. The third kappa shape index (κ3) is 5.39. The summed E-state index contributed by atoms with van der Waals surface area (Å²) in [5.74, 6) is -1.21. The molecule has 1 saturated heterocycles. The van der Waals surface area contributed by atoms with E-state index in [1.54, 1.807) is 4.90 Å². The van der Waals surface area contributed by atoms with Gasteiger partial charge in [-0.2, -0.15) is 0 Å². The number of nitrogens with one attached hydrogen (secondary N) is 1. The van der Waals surface area contributed by atoms with E-state index in [-0.39, 0.29) is 24.8 Å². The van der Waals surface area contributed by atoms with Crippen molar-refractivity contribution in [2.24, 2.45) is 5.92 Å². The van der Waals surface area contributed by atoms with Crippen LogP contribution in [0.3, 0.4) is 0 Å². The van der Waals surface area contributed by atoms with Crippen molar-refractivity contribution in [1.82, 2.24) is 14.8 Å². The van der Waals surface area contributed by atoms with E-state index in [9.17, 15) is 19.5 Å². The van der Waals surface area contributed by atoms with E-state index in [1.165, 1.54) is 16.2 Å². The summed E-state index contributed by atoms with van der Waals surface area (Å²) in [6.07, 6.45) is 9.87. The number of rotatable bonds is 2. The number of aryl methyl sites for hydroxylation is 1. The van der Waals surface area contributed by atoms with Crippen molar-refractivity contribution in [3.63, 3.8) is 0 Å². The lowest BCUT2D eigenvalue weighted by Crippen LogP contribution is -2.50. The number of hydrogen-bond donors (Lipinski definition) is 2. The molecule has 1 saturated carbocycles. The topological polar surface area (TPSA) is 112 Å². The maximum Gasteiger partial charge on any atom is 0.410 e. The fourth-order valence-corrected chi connectivity index (χ4v) is 7.18. The number of thiazole rings is 1. The number of benzene rings is 1. The van der Waals surface area contributed by atoms with Crippen LogP contribution in [-0.2, 0) is 33.8 Å². The number of carbonyl (C=O) groups is 3. The monoisotopic (exact) mass is 550 g/mol. The Balaban J connectivity index is 1.30. The Hall–Kier alpha value is -3.40. The molecule has 1 aromatic heterocycles. The van der Waals surface area contributed by atoms with Crippen molar-refractivity contribution in [3.05, 3.63) is 52.0 Å². The Morgan fingerprint density at radius 1 is 1.15 bits per heavy atom. The first kappa shape index (κ1) is 25.9. The summed E-state index contributed by atoms with van der Waals surface area (Å²) < 4.78 is 5.83. The van der Waals surface area contributed by atoms with Gasteiger partial charge in [-0.25, -0.2) is 14.6 Å². The number of anilines is 1. The average Bonchev–Trinajstić information content (AvgIpc) is 3.72. The molecule has 9 nitrogen and oxygen atoms in total. The quantitative estimate of drug-likeness (QED) is 0.559. The molecule has 39 heavy (non-hydrogen) atoms. The largest absolute Gasteiger partial charge is 0.480 e. The van der Waals surface area contributed by atoms with Gasteiger partial charge in [-0.15, -0.1) is 11.3 Å². The van der Waals surface area contributed by atoms with Crippen LogP contribution in [0.1, 0.15) is 67.3 Å². The smallest absolute Gasteiger partial charge is 0.410 e. The predicted molar refractivity (Wildman–Crippen MR) is 147 cm³/mol. The number of nitrogens with zero attached hydrogens (tertiary/aromatic N) is 3. The van der Waals surface area contributed by atoms with Gasteiger partial charge in [-0.3, -0.25) is 9.69 Å². The molecule has 0 spiro atoms. The summed E-state index contributed by atoms with van der Waals surface area (Å²) >= 11 is 1.49. The first-order valence-corrected chi connectivity index (χ1v) is 14.8. The van der Waals surface area contributed by atoms with Gasteiger partial charge in [0.05, 0.1) is 18.8 Å². The van der Waals surface area contributed by atoms with Crippen molar-refractivity contribution in [2.45, 2.75) is 82.6 Å². The van der Waals surface area contributed by atoms with Crippen LogP contribution < -0.4 is 5.32 Å². The van der Waals surface area contributed by atoms with Crippen LogP contribution in [0.4, 0.5) is 9.93 Å². The molecule has 1 aromatic carbocycles. The van der Waals surface area contributed by atoms with Crippen molar-refractivity contribution in [2.75, 3.05) is 11.9 Å². The maximum atomic E-state index is 13.9. The summed E-state index contributed by atoms with van der Waals surface area (Å²) in [6.45, 7) is 0.971. The molecule has 2 aromatic rings. The van der Waals surface area contributed by atoms with Crippen molar-refractivity contribution in [1.29, 1.82) is 0 Å². The molecule has 4 aliphatic rings. The SMILES string of the molecule is O=C(O)[C@@H]1C[C@@H]2CN1C(=O)[C@H](C1CCCC1)Nc1nc(cs1)CCC/C=C/c1cccc3c1CN(C3)C(=O)O2. The van der Waals surface area contributed by atoms with Gasteiger partial charge in [-0.1, -0.05) is 43.2 Å². The molecular weight excluding hydrogens is 516 g/mol. The van der Waals surface area contributed by atoms with Gasteiger partial charge >= 0.3 is 12.1 Å². The zero-order valence-electron chi connectivity index (χ0n) is 21.9. The van der Waals surface area contributed by atoms with Crippen LogP contribution >= 0.6 is 11.3 Å². The molecule has 2 N–H and O–H groups in total.